The second-order valence-corrected chi connectivity index (χ2v) is 7.29. The summed E-state index contributed by atoms with van der Waals surface area (Å²) in [6, 6.07) is 7.98. The first kappa shape index (κ1) is 18.5. The Morgan fingerprint density at radius 2 is 2.00 bits per heavy atom. The van der Waals surface area contributed by atoms with Crippen molar-refractivity contribution in [2.75, 3.05) is 4.72 Å². The van der Waals surface area contributed by atoms with Crippen LogP contribution in [-0.4, -0.2) is 25.9 Å². The van der Waals surface area contributed by atoms with Crippen LogP contribution < -0.4 is 9.46 Å². The molecule has 0 aliphatic heterocycles. The average molecular weight is 390 g/mol. The van der Waals surface area contributed by atoms with E-state index in [1.54, 1.807) is 10.9 Å². The summed E-state index contributed by atoms with van der Waals surface area (Å²) in [5.74, 6) is 0.908. The monoisotopic (exact) mass is 389 g/mol. The van der Waals surface area contributed by atoms with E-state index in [1.807, 2.05) is 58.3 Å². The molecular weight excluding hydrogens is 370 g/mol. The van der Waals surface area contributed by atoms with Crippen LogP contribution in [0.4, 0.5) is 5.95 Å². The smallest absolute Gasteiger partial charge is 0.235 e. The first-order valence-corrected chi connectivity index (χ1v) is 9.35. The lowest BCUT2D eigenvalue weighted by atomic mass is 10.1. The molecule has 1 aromatic carbocycles. The van der Waals surface area contributed by atoms with Gasteiger partial charge in [0.2, 0.25) is 5.95 Å². The van der Waals surface area contributed by atoms with Crippen molar-refractivity contribution in [1.82, 2.24) is 19.7 Å². The number of rotatable bonds is 6. The fourth-order valence-corrected chi connectivity index (χ4v) is 3.21. The van der Waals surface area contributed by atoms with Crippen LogP contribution in [0.15, 0.2) is 41.6 Å². The third-order valence-corrected chi connectivity index (χ3v) is 4.51. The molecule has 3 rings (SSSR count). The van der Waals surface area contributed by atoms with E-state index >= 15 is 0 Å². The minimum absolute atomic E-state index is 0.0394. The molecule has 0 amide bonds. The molecule has 0 bridgehead atoms. The maximum absolute atomic E-state index is 6.42. The highest BCUT2D eigenvalue weighted by atomic mass is 35.5. The zero-order valence-corrected chi connectivity index (χ0v) is 16.6. The van der Waals surface area contributed by atoms with E-state index in [1.165, 1.54) is 11.9 Å². The van der Waals surface area contributed by atoms with Crippen molar-refractivity contribution in [3.63, 3.8) is 0 Å². The number of benzene rings is 1. The Bertz CT molecular complexity index is 912. The van der Waals surface area contributed by atoms with E-state index in [0.29, 0.717) is 17.4 Å². The maximum Gasteiger partial charge on any atom is 0.235 e. The van der Waals surface area contributed by atoms with E-state index in [4.69, 9.17) is 16.3 Å². The van der Waals surface area contributed by atoms with E-state index in [0.717, 1.165) is 16.0 Å². The molecule has 0 aliphatic carbocycles. The van der Waals surface area contributed by atoms with Crippen molar-refractivity contribution in [2.45, 2.75) is 31.8 Å². The zero-order chi connectivity index (χ0) is 18.7. The summed E-state index contributed by atoms with van der Waals surface area (Å²) >= 11 is 7.80. The average Bonchev–Trinajstić information content (AvgIpc) is 3.01. The van der Waals surface area contributed by atoms with Crippen LogP contribution in [0.2, 0.25) is 5.15 Å². The van der Waals surface area contributed by atoms with Gasteiger partial charge in [0.15, 0.2) is 10.9 Å². The van der Waals surface area contributed by atoms with Gasteiger partial charge in [-0.15, -0.1) is 0 Å². The van der Waals surface area contributed by atoms with Gasteiger partial charge in [-0.1, -0.05) is 35.9 Å². The summed E-state index contributed by atoms with van der Waals surface area (Å²) < 4.78 is 10.8. The number of nitrogens with one attached hydrogen (secondary N) is 1. The zero-order valence-electron chi connectivity index (χ0n) is 15.0. The normalized spacial score (nSPS) is 11.0. The largest absolute Gasteiger partial charge is 0.485 e. The summed E-state index contributed by atoms with van der Waals surface area (Å²) in [6.45, 7) is 5.92. The number of aromatic nitrogens is 4. The van der Waals surface area contributed by atoms with Crippen molar-refractivity contribution in [3.8, 4) is 17.0 Å². The third-order valence-electron chi connectivity index (χ3n) is 3.52. The van der Waals surface area contributed by atoms with Crippen LogP contribution in [0.3, 0.4) is 0 Å². The number of halogens is 1. The van der Waals surface area contributed by atoms with Crippen LogP contribution in [0.25, 0.3) is 11.3 Å². The Balaban J connectivity index is 1.98. The lowest BCUT2D eigenvalue weighted by Crippen LogP contribution is -2.10. The van der Waals surface area contributed by atoms with Crippen molar-refractivity contribution in [2.24, 2.45) is 7.05 Å². The number of ether oxygens (including phenoxy) is 1. The van der Waals surface area contributed by atoms with E-state index in [-0.39, 0.29) is 11.3 Å². The van der Waals surface area contributed by atoms with Crippen LogP contribution in [0, 0.1) is 6.92 Å². The minimum Gasteiger partial charge on any atom is -0.485 e. The molecule has 1 N–H and O–H groups in total. The van der Waals surface area contributed by atoms with Gasteiger partial charge in [-0.2, -0.15) is 10.1 Å². The lowest BCUT2D eigenvalue weighted by molar-refractivity contribution is 0.242. The molecule has 0 radical (unpaired) electrons. The number of hydrogen-bond acceptors (Lipinski definition) is 6. The van der Waals surface area contributed by atoms with Crippen molar-refractivity contribution in [3.05, 3.63) is 47.4 Å². The summed E-state index contributed by atoms with van der Waals surface area (Å²) in [6.07, 6.45) is 3.62. The Labute approximate surface area is 162 Å². The molecule has 3 aromatic rings. The van der Waals surface area contributed by atoms with E-state index < -0.39 is 0 Å². The Morgan fingerprint density at radius 3 is 2.65 bits per heavy atom. The minimum atomic E-state index is -0.0394. The Hall–Kier alpha value is -2.25. The van der Waals surface area contributed by atoms with Gasteiger partial charge in [-0.3, -0.25) is 9.40 Å². The molecule has 2 aromatic heterocycles. The quantitative estimate of drug-likeness (QED) is 0.485. The van der Waals surface area contributed by atoms with Gasteiger partial charge in [0.05, 0.1) is 17.2 Å². The van der Waals surface area contributed by atoms with Crippen molar-refractivity contribution in [1.29, 1.82) is 0 Å². The molecule has 0 aliphatic rings. The molecule has 0 saturated carbocycles. The SMILES string of the molecule is Cc1ccccc1-c1nc(NSc2cnn(C)c2)nc(Cl)c1OC(C)C. The Morgan fingerprint density at radius 1 is 1.23 bits per heavy atom. The Kier molecular flexibility index (Phi) is 5.68. The van der Waals surface area contributed by atoms with E-state index in [2.05, 4.69) is 19.8 Å². The van der Waals surface area contributed by atoms with Crippen LogP contribution in [0.1, 0.15) is 19.4 Å². The van der Waals surface area contributed by atoms with Crippen molar-refractivity contribution < 1.29 is 4.74 Å². The van der Waals surface area contributed by atoms with Gasteiger partial charge in [0.25, 0.3) is 0 Å². The highest BCUT2D eigenvalue weighted by Crippen LogP contribution is 2.37. The van der Waals surface area contributed by atoms with Gasteiger partial charge >= 0.3 is 0 Å². The number of hydrogen-bond donors (Lipinski definition) is 1. The maximum atomic E-state index is 6.42. The molecule has 0 unspecified atom stereocenters. The third kappa shape index (κ3) is 4.28. The highest BCUT2D eigenvalue weighted by molar-refractivity contribution is 8.00. The van der Waals surface area contributed by atoms with Gasteiger partial charge in [-0.25, -0.2) is 4.98 Å². The number of anilines is 1. The summed E-state index contributed by atoms with van der Waals surface area (Å²) in [5, 5.41) is 4.42. The second-order valence-electron chi connectivity index (χ2n) is 6.05. The first-order valence-electron chi connectivity index (χ1n) is 8.15. The molecule has 2 heterocycles. The van der Waals surface area contributed by atoms with Gasteiger partial charge in [-0.05, 0) is 38.3 Å². The van der Waals surface area contributed by atoms with Crippen LogP contribution in [0.5, 0.6) is 5.75 Å². The molecular formula is C18H20ClN5OS. The molecule has 0 atom stereocenters. The lowest BCUT2D eigenvalue weighted by Gasteiger charge is -2.17. The molecule has 6 nitrogen and oxygen atoms in total. The topological polar surface area (TPSA) is 64.9 Å². The predicted molar refractivity (Wildman–Crippen MR) is 106 cm³/mol. The molecule has 0 saturated heterocycles. The molecule has 0 fully saturated rings. The molecule has 26 heavy (non-hydrogen) atoms. The highest BCUT2D eigenvalue weighted by Gasteiger charge is 2.19. The molecule has 0 spiro atoms. The number of nitrogens with zero attached hydrogens (tertiary/aromatic N) is 4. The van der Waals surface area contributed by atoms with Crippen LogP contribution in [-0.2, 0) is 7.05 Å². The summed E-state index contributed by atoms with van der Waals surface area (Å²) in [4.78, 5) is 9.94. The fraction of sp³-hybridized carbons (Fsp3) is 0.278. The molecule has 136 valence electrons. The van der Waals surface area contributed by atoms with Gasteiger partial charge in [0, 0.05) is 18.8 Å². The molecule has 8 heteroatoms. The standard InChI is InChI=1S/C18H20ClN5OS/c1-11(2)25-16-15(14-8-6-5-7-12(14)3)21-18(22-17(16)19)23-26-13-9-20-24(4)10-13/h5-11H,1-4H3,(H,21,22,23). The van der Waals surface area contributed by atoms with E-state index in [9.17, 15) is 0 Å². The van der Waals surface area contributed by atoms with Gasteiger partial charge < -0.3 is 4.74 Å². The predicted octanol–water partition coefficient (Wildman–Crippen LogP) is 4.75. The number of aryl methyl sites for hydroxylation is 2. The van der Waals surface area contributed by atoms with Gasteiger partial charge in [0.1, 0.15) is 5.69 Å². The van der Waals surface area contributed by atoms with Crippen molar-refractivity contribution >= 4 is 29.5 Å². The van der Waals surface area contributed by atoms with Crippen LogP contribution >= 0.6 is 23.5 Å². The fourth-order valence-electron chi connectivity index (χ4n) is 2.39. The first-order chi connectivity index (χ1) is 12.4. The summed E-state index contributed by atoms with van der Waals surface area (Å²) in [7, 11) is 1.87. The summed E-state index contributed by atoms with van der Waals surface area (Å²) in [5.41, 5.74) is 2.72. The second kappa shape index (κ2) is 7.97.